The standard InChI is InChI=1S/C22H20ClN3O5/c23-14-7-15-21(25-18(14)11-3-1-10(2-4-11)12-5-13(27)6-12)26-22(24-15)31-17-9-30-19-16(28)8-29-20(17)19/h1-4,7,12,16-17,19-20,28H,5-6,8-9H2,(H,24,25,26)/t16-,17-,19-,20-/m1/s1. The van der Waals surface area contributed by atoms with Gasteiger partial charge < -0.3 is 24.3 Å². The summed E-state index contributed by atoms with van der Waals surface area (Å²) in [5, 5.41) is 10.4. The molecule has 0 unspecified atom stereocenters. The van der Waals surface area contributed by atoms with Crippen LogP contribution >= 0.6 is 11.6 Å². The smallest absolute Gasteiger partial charge is 0.296 e. The molecule has 0 amide bonds. The van der Waals surface area contributed by atoms with Gasteiger partial charge in [0.05, 0.1) is 29.4 Å². The lowest BCUT2D eigenvalue weighted by Crippen LogP contribution is -2.34. The number of aromatic nitrogens is 3. The normalized spacial score (nSPS) is 28.1. The van der Waals surface area contributed by atoms with E-state index in [2.05, 4.69) is 15.0 Å². The van der Waals surface area contributed by atoms with Crippen LogP contribution in [0.1, 0.15) is 24.3 Å². The lowest BCUT2D eigenvalue weighted by Gasteiger charge is -2.24. The first-order chi connectivity index (χ1) is 15.0. The van der Waals surface area contributed by atoms with Gasteiger partial charge in [0.25, 0.3) is 6.01 Å². The molecule has 9 heteroatoms. The van der Waals surface area contributed by atoms with Crippen LogP contribution in [0.5, 0.6) is 6.01 Å². The fourth-order valence-corrected chi connectivity index (χ4v) is 4.74. The van der Waals surface area contributed by atoms with E-state index in [9.17, 15) is 9.90 Å². The minimum atomic E-state index is -0.631. The summed E-state index contributed by atoms with van der Waals surface area (Å²) in [7, 11) is 0. The second-order valence-electron chi connectivity index (χ2n) is 8.32. The summed E-state index contributed by atoms with van der Waals surface area (Å²) in [4.78, 5) is 23.4. The van der Waals surface area contributed by atoms with Gasteiger partial charge in [0.1, 0.15) is 24.1 Å². The summed E-state index contributed by atoms with van der Waals surface area (Å²) in [6, 6.07) is 10.1. The third-order valence-electron chi connectivity index (χ3n) is 6.25. The minimum Gasteiger partial charge on any atom is -0.456 e. The molecule has 3 aromatic rings. The Kier molecular flexibility index (Phi) is 4.50. The third-order valence-corrected chi connectivity index (χ3v) is 6.54. The van der Waals surface area contributed by atoms with Crippen molar-refractivity contribution < 1.29 is 24.1 Å². The van der Waals surface area contributed by atoms with Crippen LogP contribution in [0.2, 0.25) is 5.02 Å². The van der Waals surface area contributed by atoms with Gasteiger partial charge in [-0.05, 0) is 17.5 Å². The monoisotopic (exact) mass is 441 g/mol. The van der Waals surface area contributed by atoms with Crippen molar-refractivity contribution in [1.29, 1.82) is 0 Å². The van der Waals surface area contributed by atoms with Crippen molar-refractivity contribution in [3.05, 3.63) is 40.9 Å². The summed E-state index contributed by atoms with van der Waals surface area (Å²) >= 11 is 6.50. The van der Waals surface area contributed by atoms with Crippen molar-refractivity contribution in [2.45, 2.75) is 43.2 Å². The Hall–Kier alpha value is -2.52. The molecule has 2 saturated heterocycles. The molecular formula is C22H20ClN3O5. The maximum atomic E-state index is 11.2. The van der Waals surface area contributed by atoms with Gasteiger partial charge in [-0.15, -0.1) is 0 Å². The number of fused-ring (bicyclic) bond motifs is 2. The SMILES string of the molecule is O=C1CC(c2ccc(-c3nc4nc(O[C@@H]5CO[C@H]6[C@@H]5OC[C@H]6O)[nH]c4cc3Cl)cc2)C1. The Labute approximate surface area is 182 Å². The van der Waals surface area contributed by atoms with Crippen molar-refractivity contribution in [2.75, 3.05) is 13.2 Å². The first-order valence-electron chi connectivity index (χ1n) is 10.3. The molecule has 3 fully saturated rings. The number of nitrogens with one attached hydrogen (secondary N) is 1. The number of rotatable bonds is 4. The van der Waals surface area contributed by atoms with Crippen molar-refractivity contribution in [2.24, 2.45) is 0 Å². The molecule has 1 aromatic carbocycles. The van der Waals surface area contributed by atoms with Crippen LogP contribution in [-0.2, 0) is 14.3 Å². The van der Waals surface area contributed by atoms with Gasteiger partial charge in [-0.3, -0.25) is 4.79 Å². The quantitative estimate of drug-likeness (QED) is 0.640. The molecule has 3 aliphatic rings. The molecule has 8 nitrogen and oxygen atoms in total. The highest BCUT2D eigenvalue weighted by molar-refractivity contribution is 6.33. The highest BCUT2D eigenvalue weighted by Crippen LogP contribution is 2.36. The van der Waals surface area contributed by atoms with E-state index < -0.39 is 6.10 Å². The number of nitrogens with zero attached hydrogens (tertiary/aromatic N) is 2. The number of aliphatic hydroxyl groups is 1. The van der Waals surface area contributed by atoms with Gasteiger partial charge in [-0.2, -0.15) is 4.98 Å². The number of Topliss-reactive ketones (excluding diaryl/α,β-unsaturated/α-hetero) is 1. The Morgan fingerprint density at radius 3 is 2.65 bits per heavy atom. The number of pyridine rings is 1. The van der Waals surface area contributed by atoms with E-state index in [1.165, 1.54) is 0 Å². The topological polar surface area (TPSA) is 107 Å². The van der Waals surface area contributed by atoms with Gasteiger partial charge in [-0.1, -0.05) is 35.9 Å². The molecule has 6 rings (SSSR count). The molecule has 0 spiro atoms. The Bertz CT molecular complexity index is 1160. The number of carbonyl (C=O) groups excluding carboxylic acids is 1. The minimum absolute atomic E-state index is 0.242. The number of imidazole rings is 1. The average Bonchev–Trinajstić information content (AvgIpc) is 3.42. The highest BCUT2D eigenvalue weighted by Gasteiger charge is 2.48. The number of carbonyl (C=O) groups is 1. The number of ketones is 1. The van der Waals surface area contributed by atoms with E-state index in [0.29, 0.717) is 59.0 Å². The summed E-state index contributed by atoms with van der Waals surface area (Å²) in [5.74, 6) is 0.638. The van der Waals surface area contributed by atoms with Crippen LogP contribution < -0.4 is 4.74 Å². The van der Waals surface area contributed by atoms with Crippen LogP contribution in [0.3, 0.4) is 0 Å². The Morgan fingerprint density at radius 1 is 1.10 bits per heavy atom. The fourth-order valence-electron chi connectivity index (χ4n) is 4.48. The van der Waals surface area contributed by atoms with Crippen molar-refractivity contribution in [3.63, 3.8) is 0 Å². The van der Waals surface area contributed by atoms with E-state index >= 15 is 0 Å². The molecule has 4 atom stereocenters. The maximum Gasteiger partial charge on any atom is 0.296 e. The van der Waals surface area contributed by atoms with Crippen LogP contribution in [0, 0.1) is 0 Å². The van der Waals surface area contributed by atoms with E-state index in [1.54, 1.807) is 6.07 Å². The molecule has 1 saturated carbocycles. The molecule has 2 aromatic heterocycles. The number of aromatic amines is 1. The maximum absolute atomic E-state index is 11.2. The molecule has 1 aliphatic carbocycles. The Morgan fingerprint density at radius 2 is 1.87 bits per heavy atom. The summed E-state index contributed by atoms with van der Waals surface area (Å²) in [6.07, 6.45) is -0.429. The number of benzene rings is 1. The van der Waals surface area contributed by atoms with Gasteiger partial charge in [0, 0.05) is 18.4 Å². The van der Waals surface area contributed by atoms with E-state index in [-0.39, 0.29) is 24.9 Å². The van der Waals surface area contributed by atoms with Crippen LogP contribution in [0.4, 0.5) is 0 Å². The molecule has 160 valence electrons. The largest absolute Gasteiger partial charge is 0.456 e. The van der Waals surface area contributed by atoms with Gasteiger partial charge in [-0.25, -0.2) is 4.98 Å². The summed E-state index contributed by atoms with van der Waals surface area (Å²) < 4.78 is 17.1. The molecule has 2 aliphatic heterocycles. The van der Waals surface area contributed by atoms with Gasteiger partial charge in [0.15, 0.2) is 11.8 Å². The van der Waals surface area contributed by atoms with Crippen LogP contribution in [0.25, 0.3) is 22.4 Å². The molecule has 2 N–H and O–H groups in total. The predicted octanol–water partition coefficient (Wildman–Crippen LogP) is 2.63. The summed E-state index contributed by atoms with van der Waals surface area (Å²) in [6.45, 7) is 0.563. The molecule has 4 heterocycles. The van der Waals surface area contributed by atoms with Crippen molar-refractivity contribution in [3.8, 4) is 17.3 Å². The third kappa shape index (κ3) is 3.30. The number of halogens is 1. The predicted molar refractivity (Wildman–Crippen MR) is 111 cm³/mol. The molecule has 0 bridgehead atoms. The number of ether oxygens (including phenoxy) is 3. The van der Waals surface area contributed by atoms with Crippen molar-refractivity contribution >= 4 is 28.5 Å². The van der Waals surface area contributed by atoms with Crippen LogP contribution in [-0.4, -0.2) is 63.5 Å². The van der Waals surface area contributed by atoms with Gasteiger partial charge >= 0.3 is 0 Å². The van der Waals surface area contributed by atoms with E-state index in [4.69, 9.17) is 25.8 Å². The van der Waals surface area contributed by atoms with Crippen molar-refractivity contribution in [1.82, 2.24) is 15.0 Å². The number of hydrogen-bond donors (Lipinski definition) is 2. The van der Waals surface area contributed by atoms with Crippen LogP contribution in [0.15, 0.2) is 30.3 Å². The zero-order valence-electron chi connectivity index (χ0n) is 16.5. The first kappa shape index (κ1) is 19.2. The van der Waals surface area contributed by atoms with E-state index in [1.807, 2.05) is 24.3 Å². The zero-order valence-corrected chi connectivity index (χ0v) is 17.2. The second-order valence-corrected chi connectivity index (χ2v) is 8.72. The lowest BCUT2D eigenvalue weighted by molar-refractivity contribution is -0.124. The Balaban J connectivity index is 1.24. The lowest BCUT2D eigenvalue weighted by atomic mass is 9.79. The first-order valence-corrected chi connectivity index (χ1v) is 10.7. The zero-order chi connectivity index (χ0) is 21.1. The number of hydrogen-bond acceptors (Lipinski definition) is 7. The number of aliphatic hydroxyl groups excluding tert-OH is 1. The fraction of sp³-hybridized carbons (Fsp3) is 0.409. The highest BCUT2D eigenvalue weighted by atomic mass is 35.5. The number of H-pyrrole nitrogens is 1. The molecule has 31 heavy (non-hydrogen) atoms. The molecular weight excluding hydrogens is 422 g/mol. The van der Waals surface area contributed by atoms with Gasteiger partial charge in [0.2, 0.25) is 0 Å². The van der Waals surface area contributed by atoms with E-state index in [0.717, 1.165) is 11.1 Å². The second kappa shape index (κ2) is 7.27. The summed E-state index contributed by atoms with van der Waals surface area (Å²) in [5.41, 5.74) is 3.83. The molecule has 0 radical (unpaired) electrons. The average molecular weight is 442 g/mol.